The molecule has 0 fully saturated rings. The smallest absolute Gasteiger partial charge is 0.217 e. The molecule has 14 heavy (non-hydrogen) atoms. The summed E-state index contributed by atoms with van der Waals surface area (Å²) in [7, 11) is 0. The maximum Gasteiger partial charge on any atom is 0.217 e. The van der Waals surface area contributed by atoms with Crippen LogP contribution in [0.5, 0.6) is 0 Å². The highest BCUT2D eigenvalue weighted by Gasteiger charge is 2.15. The van der Waals surface area contributed by atoms with Gasteiger partial charge in [-0.1, -0.05) is 34.8 Å². The van der Waals surface area contributed by atoms with E-state index in [0.717, 1.165) is 0 Å². The summed E-state index contributed by atoms with van der Waals surface area (Å²) >= 11 is 17.6. The molecule has 1 aromatic rings. The van der Waals surface area contributed by atoms with Crippen molar-refractivity contribution in [3.63, 3.8) is 0 Å². The van der Waals surface area contributed by atoms with E-state index in [2.05, 4.69) is 4.99 Å². The zero-order chi connectivity index (χ0) is 10.1. The topological polar surface area (TPSA) is 21.6 Å². The SMILES string of the molecule is Clc1cc(Cl)c(C2=NCCO2)cc1Cl. The highest BCUT2D eigenvalue weighted by Crippen LogP contribution is 2.29. The van der Waals surface area contributed by atoms with Gasteiger partial charge in [0.05, 0.1) is 27.2 Å². The Hall–Kier alpha value is -0.440. The van der Waals surface area contributed by atoms with Gasteiger partial charge in [0.25, 0.3) is 0 Å². The fourth-order valence-electron chi connectivity index (χ4n) is 1.18. The molecule has 1 aliphatic heterocycles. The molecular weight excluding hydrogens is 244 g/mol. The molecule has 0 N–H and O–H groups in total. The number of nitrogens with zero attached hydrogens (tertiary/aromatic N) is 1. The molecule has 0 spiro atoms. The maximum atomic E-state index is 5.98. The van der Waals surface area contributed by atoms with Crippen molar-refractivity contribution < 1.29 is 4.74 Å². The van der Waals surface area contributed by atoms with Gasteiger partial charge in [0.1, 0.15) is 6.61 Å². The average molecular weight is 251 g/mol. The van der Waals surface area contributed by atoms with Gasteiger partial charge < -0.3 is 4.74 Å². The Kier molecular flexibility index (Phi) is 2.86. The zero-order valence-corrected chi connectivity index (χ0v) is 9.33. The first kappa shape index (κ1) is 10.1. The van der Waals surface area contributed by atoms with Crippen LogP contribution in [0.3, 0.4) is 0 Å². The van der Waals surface area contributed by atoms with Gasteiger partial charge in [-0.05, 0) is 12.1 Å². The maximum absolute atomic E-state index is 5.98. The second-order valence-corrected chi connectivity index (χ2v) is 4.00. The minimum atomic E-state index is 0.430. The quantitative estimate of drug-likeness (QED) is 0.700. The summed E-state index contributed by atoms with van der Waals surface area (Å²) in [6.45, 7) is 1.25. The van der Waals surface area contributed by atoms with Crippen LogP contribution < -0.4 is 0 Å². The molecule has 0 radical (unpaired) electrons. The predicted octanol–water partition coefficient (Wildman–Crippen LogP) is 3.42. The monoisotopic (exact) mass is 249 g/mol. The average Bonchev–Trinajstić information content (AvgIpc) is 2.64. The van der Waals surface area contributed by atoms with E-state index in [1.807, 2.05) is 0 Å². The first-order valence-corrected chi connectivity index (χ1v) is 5.14. The van der Waals surface area contributed by atoms with Crippen LogP contribution in [0.25, 0.3) is 0 Å². The number of hydrogen-bond acceptors (Lipinski definition) is 2. The number of ether oxygens (including phenoxy) is 1. The van der Waals surface area contributed by atoms with E-state index >= 15 is 0 Å². The van der Waals surface area contributed by atoms with E-state index in [4.69, 9.17) is 39.5 Å². The molecule has 0 aromatic heterocycles. The summed E-state index contributed by atoms with van der Waals surface area (Å²) in [5.74, 6) is 0.536. The lowest BCUT2D eigenvalue weighted by Gasteiger charge is -2.05. The van der Waals surface area contributed by atoms with Crippen molar-refractivity contribution in [3.8, 4) is 0 Å². The number of benzene rings is 1. The van der Waals surface area contributed by atoms with Crippen LogP contribution in [0.15, 0.2) is 17.1 Å². The van der Waals surface area contributed by atoms with E-state index < -0.39 is 0 Å². The minimum Gasteiger partial charge on any atom is -0.475 e. The molecule has 1 heterocycles. The van der Waals surface area contributed by atoms with Crippen molar-refractivity contribution in [2.45, 2.75) is 0 Å². The van der Waals surface area contributed by atoms with Crippen LogP contribution in [0.2, 0.25) is 15.1 Å². The standard InChI is InChI=1S/C9H6Cl3NO/c10-6-4-8(12)7(11)3-5(6)9-13-1-2-14-9/h3-4H,1-2H2. The number of hydrogen-bond donors (Lipinski definition) is 0. The summed E-state index contributed by atoms with van der Waals surface area (Å²) in [5, 5.41) is 1.38. The van der Waals surface area contributed by atoms with Gasteiger partial charge in [-0.15, -0.1) is 0 Å². The van der Waals surface area contributed by atoms with Gasteiger partial charge in [0.15, 0.2) is 0 Å². The Balaban J connectivity index is 2.47. The second-order valence-electron chi connectivity index (χ2n) is 2.78. The Morgan fingerprint density at radius 3 is 2.43 bits per heavy atom. The first-order chi connectivity index (χ1) is 6.68. The minimum absolute atomic E-state index is 0.430. The van der Waals surface area contributed by atoms with Crippen LogP contribution in [0.4, 0.5) is 0 Å². The lowest BCUT2D eigenvalue weighted by atomic mass is 10.2. The van der Waals surface area contributed by atoms with Crippen molar-refractivity contribution in [2.24, 2.45) is 4.99 Å². The van der Waals surface area contributed by atoms with Crippen molar-refractivity contribution in [2.75, 3.05) is 13.2 Å². The number of aliphatic imine (C=N–C) groups is 1. The largest absolute Gasteiger partial charge is 0.475 e. The number of halogens is 3. The normalized spacial score (nSPS) is 15.2. The highest BCUT2D eigenvalue weighted by molar-refractivity contribution is 6.44. The van der Waals surface area contributed by atoms with Gasteiger partial charge in [0, 0.05) is 0 Å². The fourth-order valence-corrected chi connectivity index (χ4v) is 1.81. The number of rotatable bonds is 1. The molecule has 2 rings (SSSR count). The van der Waals surface area contributed by atoms with Crippen LogP contribution in [0, 0.1) is 0 Å². The molecule has 0 unspecified atom stereocenters. The third-order valence-electron chi connectivity index (χ3n) is 1.83. The third kappa shape index (κ3) is 1.83. The highest BCUT2D eigenvalue weighted by atomic mass is 35.5. The van der Waals surface area contributed by atoms with Crippen molar-refractivity contribution in [1.29, 1.82) is 0 Å². The molecule has 74 valence electrons. The molecule has 0 saturated carbocycles. The Morgan fingerprint density at radius 1 is 1.07 bits per heavy atom. The molecule has 0 bridgehead atoms. The summed E-state index contributed by atoms with van der Waals surface area (Å²) in [6.07, 6.45) is 0. The van der Waals surface area contributed by atoms with E-state index in [9.17, 15) is 0 Å². The summed E-state index contributed by atoms with van der Waals surface area (Å²) in [4.78, 5) is 4.15. The van der Waals surface area contributed by atoms with Gasteiger partial charge in [0.2, 0.25) is 5.90 Å². The Labute approximate surface area is 96.4 Å². The molecule has 1 aliphatic rings. The van der Waals surface area contributed by atoms with Gasteiger partial charge in [-0.2, -0.15) is 0 Å². The third-order valence-corrected chi connectivity index (χ3v) is 2.86. The summed E-state index contributed by atoms with van der Waals surface area (Å²) < 4.78 is 5.28. The fraction of sp³-hybridized carbons (Fsp3) is 0.222. The molecule has 0 atom stereocenters. The zero-order valence-electron chi connectivity index (χ0n) is 7.06. The van der Waals surface area contributed by atoms with Crippen LogP contribution >= 0.6 is 34.8 Å². The van der Waals surface area contributed by atoms with E-state index in [1.54, 1.807) is 12.1 Å². The van der Waals surface area contributed by atoms with E-state index in [0.29, 0.717) is 39.7 Å². The molecule has 5 heteroatoms. The lowest BCUT2D eigenvalue weighted by Crippen LogP contribution is -2.01. The van der Waals surface area contributed by atoms with Crippen LogP contribution in [0.1, 0.15) is 5.56 Å². The first-order valence-electron chi connectivity index (χ1n) is 4.00. The molecule has 1 aromatic carbocycles. The predicted molar refractivity (Wildman–Crippen MR) is 58.8 cm³/mol. The molecule has 2 nitrogen and oxygen atoms in total. The van der Waals surface area contributed by atoms with Crippen molar-refractivity contribution >= 4 is 40.7 Å². The van der Waals surface area contributed by atoms with Crippen molar-refractivity contribution in [3.05, 3.63) is 32.8 Å². The molecule has 0 saturated heterocycles. The Morgan fingerprint density at radius 2 is 1.79 bits per heavy atom. The van der Waals surface area contributed by atoms with Crippen molar-refractivity contribution in [1.82, 2.24) is 0 Å². The summed E-state index contributed by atoms with van der Waals surface area (Å²) in [6, 6.07) is 3.25. The van der Waals surface area contributed by atoms with E-state index in [1.165, 1.54) is 0 Å². The summed E-state index contributed by atoms with van der Waals surface area (Å²) in [5.41, 5.74) is 0.693. The Bertz CT molecular complexity index is 403. The van der Waals surface area contributed by atoms with Crippen LogP contribution in [-0.4, -0.2) is 19.0 Å². The van der Waals surface area contributed by atoms with Gasteiger partial charge in [-0.25, -0.2) is 4.99 Å². The molecular formula is C9H6Cl3NO. The van der Waals surface area contributed by atoms with Gasteiger partial charge >= 0.3 is 0 Å². The van der Waals surface area contributed by atoms with E-state index in [-0.39, 0.29) is 0 Å². The van der Waals surface area contributed by atoms with Gasteiger partial charge in [-0.3, -0.25) is 0 Å². The molecule has 0 aliphatic carbocycles. The lowest BCUT2D eigenvalue weighted by molar-refractivity contribution is 0.348. The van der Waals surface area contributed by atoms with Crippen LogP contribution in [-0.2, 0) is 4.74 Å². The second kappa shape index (κ2) is 3.97. The molecule has 0 amide bonds.